The molecule has 2 rings (SSSR count). The van der Waals surface area contributed by atoms with Gasteiger partial charge in [0, 0.05) is 12.0 Å². The summed E-state index contributed by atoms with van der Waals surface area (Å²) in [7, 11) is 1.39. The lowest BCUT2D eigenvalue weighted by molar-refractivity contribution is 0.0693. The second-order valence-electron chi connectivity index (χ2n) is 4.41. The molecule has 0 radical (unpaired) electrons. The van der Waals surface area contributed by atoms with Gasteiger partial charge in [0.15, 0.2) is 5.82 Å². The lowest BCUT2D eigenvalue weighted by atomic mass is 10.1. The van der Waals surface area contributed by atoms with Crippen molar-refractivity contribution in [1.29, 1.82) is 0 Å². The van der Waals surface area contributed by atoms with Crippen molar-refractivity contribution >= 4 is 17.6 Å². The quantitative estimate of drug-likeness (QED) is 0.929. The Hall–Kier alpha value is -2.15. The van der Waals surface area contributed by atoms with E-state index in [9.17, 15) is 4.79 Å². The van der Waals surface area contributed by atoms with Crippen LogP contribution >= 0.6 is 11.6 Å². The Balaban J connectivity index is 2.63. The zero-order valence-electron chi connectivity index (χ0n) is 11.2. The molecule has 0 atom stereocenters. The SMILES string of the molecule is COc1cc(-n2nnnc2C(C)C)c(Cl)cc1C(=O)O. The molecule has 0 amide bonds. The van der Waals surface area contributed by atoms with E-state index in [4.69, 9.17) is 21.4 Å². The largest absolute Gasteiger partial charge is 0.496 e. The van der Waals surface area contributed by atoms with Gasteiger partial charge in [0.2, 0.25) is 0 Å². The molecule has 0 aliphatic heterocycles. The number of halogens is 1. The van der Waals surface area contributed by atoms with Crippen molar-refractivity contribution < 1.29 is 14.6 Å². The third-order valence-corrected chi connectivity index (χ3v) is 3.04. The highest BCUT2D eigenvalue weighted by Crippen LogP contribution is 2.30. The molecule has 0 spiro atoms. The molecule has 0 aliphatic carbocycles. The number of benzene rings is 1. The number of carboxylic acid groups (broad SMARTS) is 1. The summed E-state index contributed by atoms with van der Waals surface area (Å²) in [5.41, 5.74) is 0.461. The standard InChI is InChI=1S/C12H13ClN4O3/c1-6(2)11-14-15-16-17(11)9-5-10(20-3)7(12(18)19)4-8(9)13/h4-6H,1-3H3,(H,18,19). The molecule has 7 nitrogen and oxygen atoms in total. The molecule has 8 heteroatoms. The average Bonchev–Trinajstić information content (AvgIpc) is 2.87. The smallest absolute Gasteiger partial charge is 0.339 e. The van der Waals surface area contributed by atoms with Crippen LogP contribution < -0.4 is 4.74 Å². The van der Waals surface area contributed by atoms with Crippen molar-refractivity contribution in [3.8, 4) is 11.4 Å². The number of aromatic nitrogens is 4. The molecule has 0 fully saturated rings. The Morgan fingerprint density at radius 1 is 1.45 bits per heavy atom. The summed E-state index contributed by atoms with van der Waals surface area (Å²) in [6.45, 7) is 3.89. The van der Waals surface area contributed by atoms with E-state index >= 15 is 0 Å². The Morgan fingerprint density at radius 3 is 2.70 bits per heavy atom. The normalized spacial score (nSPS) is 10.8. The highest BCUT2D eigenvalue weighted by atomic mass is 35.5. The first-order valence-corrected chi connectivity index (χ1v) is 6.23. The molecule has 0 saturated heterocycles. The topological polar surface area (TPSA) is 90.1 Å². The van der Waals surface area contributed by atoms with Crippen molar-refractivity contribution in [2.45, 2.75) is 19.8 Å². The summed E-state index contributed by atoms with van der Waals surface area (Å²) in [5, 5.41) is 20.8. The van der Waals surface area contributed by atoms with Crippen molar-refractivity contribution in [2.24, 2.45) is 0 Å². The van der Waals surface area contributed by atoms with Gasteiger partial charge in [-0.25, -0.2) is 4.79 Å². The summed E-state index contributed by atoms with van der Waals surface area (Å²) >= 11 is 6.14. The fourth-order valence-electron chi connectivity index (χ4n) is 1.77. The van der Waals surface area contributed by atoms with Crippen LogP contribution in [0.2, 0.25) is 5.02 Å². The van der Waals surface area contributed by atoms with Crippen molar-refractivity contribution in [2.75, 3.05) is 7.11 Å². The number of tetrazole rings is 1. The number of hydrogen-bond acceptors (Lipinski definition) is 5. The lowest BCUT2D eigenvalue weighted by Crippen LogP contribution is -2.08. The average molecular weight is 297 g/mol. The minimum absolute atomic E-state index is 0.0135. The van der Waals surface area contributed by atoms with E-state index in [0.717, 1.165) is 0 Å². The van der Waals surface area contributed by atoms with Crippen molar-refractivity contribution in [3.05, 3.63) is 28.5 Å². The maximum atomic E-state index is 11.1. The lowest BCUT2D eigenvalue weighted by Gasteiger charge is -2.12. The van der Waals surface area contributed by atoms with Crippen LogP contribution in [0.1, 0.15) is 35.9 Å². The number of carbonyl (C=O) groups is 1. The molecule has 1 heterocycles. The van der Waals surface area contributed by atoms with E-state index in [2.05, 4.69) is 15.5 Å². The van der Waals surface area contributed by atoms with Crippen LogP contribution in [-0.2, 0) is 0 Å². The summed E-state index contributed by atoms with van der Waals surface area (Å²) in [4.78, 5) is 11.1. The first-order valence-electron chi connectivity index (χ1n) is 5.85. The van der Waals surface area contributed by atoms with Crippen LogP contribution in [0.3, 0.4) is 0 Å². The zero-order chi connectivity index (χ0) is 14.9. The van der Waals surface area contributed by atoms with Crippen LogP contribution in [0.25, 0.3) is 5.69 Å². The molecular weight excluding hydrogens is 284 g/mol. The maximum Gasteiger partial charge on any atom is 0.339 e. The molecule has 2 aromatic rings. The Morgan fingerprint density at radius 2 is 2.15 bits per heavy atom. The van der Waals surface area contributed by atoms with E-state index in [1.54, 1.807) is 0 Å². The Bertz CT molecular complexity index is 654. The van der Waals surface area contributed by atoms with Gasteiger partial charge < -0.3 is 9.84 Å². The number of carboxylic acids is 1. The van der Waals surface area contributed by atoms with Gasteiger partial charge in [0.05, 0.1) is 17.8 Å². The maximum absolute atomic E-state index is 11.1. The van der Waals surface area contributed by atoms with Crippen LogP contribution in [0.4, 0.5) is 0 Å². The fourth-order valence-corrected chi connectivity index (χ4v) is 2.01. The van der Waals surface area contributed by atoms with Crippen LogP contribution in [0, 0.1) is 0 Å². The monoisotopic (exact) mass is 296 g/mol. The molecule has 1 aromatic heterocycles. The number of rotatable bonds is 4. The molecular formula is C12H13ClN4O3. The van der Waals surface area contributed by atoms with Gasteiger partial charge in [-0.05, 0) is 16.5 Å². The van der Waals surface area contributed by atoms with Crippen molar-refractivity contribution in [1.82, 2.24) is 20.2 Å². The number of ether oxygens (including phenoxy) is 1. The summed E-state index contributed by atoms with van der Waals surface area (Å²) in [6.07, 6.45) is 0. The van der Waals surface area contributed by atoms with Gasteiger partial charge >= 0.3 is 5.97 Å². The molecule has 0 bridgehead atoms. The zero-order valence-corrected chi connectivity index (χ0v) is 11.9. The Kier molecular flexibility index (Phi) is 3.89. The molecule has 1 aromatic carbocycles. The van der Waals surface area contributed by atoms with Gasteiger partial charge in [-0.3, -0.25) is 0 Å². The third-order valence-electron chi connectivity index (χ3n) is 2.74. The van der Waals surface area contributed by atoms with E-state index in [-0.39, 0.29) is 22.3 Å². The molecule has 1 N–H and O–H groups in total. The minimum atomic E-state index is -1.11. The molecule has 0 saturated carbocycles. The second kappa shape index (κ2) is 5.46. The highest BCUT2D eigenvalue weighted by Gasteiger charge is 2.19. The predicted molar refractivity (Wildman–Crippen MR) is 71.8 cm³/mol. The van der Waals surface area contributed by atoms with Crippen LogP contribution in [0.5, 0.6) is 5.75 Å². The number of hydrogen-bond donors (Lipinski definition) is 1. The van der Waals surface area contributed by atoms with Gasteiger partial charge in [-0.2, -0.15) is 4.68 Å². The van der Waals surface area contributed by atoms with Crippen LogP contribution in [0.15, 0.2) is 12.1 Å². The molecule has 0 unspecified atom stereocenters. The number of methoxy groups -OCH3 is 1. The number of aromatic carboxylic acids is 1. The summed E-state index contributed by atoms with van der Waals surface area (Å²) in [6, 6.07) is 2.83. The van der Waals surface area contributed by atoms with E-state index in [1.807, 2.05) is 13.8 Å². The first-order chi connectivity index (χ1) is 9.45. The minimum Gasteiger partial charge on any atom is -0.496 e. The second-order valence-corrected chi connectivity index (χ2v) is 4.82. The molecule has 20 heavy (non-hydrogen) atoms. The van der Waals surface area contributed by atoms with Gasteiger partial charge in [0.25, 0.3) is 0 Å². The van der Waals surface area contributed by atoms with Gasteiger partial charge in [-0.1, -0.05) is 25.4 Å². The fraction of sp³-hybridized carbons (Fsp3) is 0.333. The van der Waals surface area contributed by atoms with E-state index in [1.165, 1.54) is 23.9 Å². The van der Waals surface area contributed by atoms with Crippen molar-refractivity contribution in [3.63, 3.8) is 0 Å². The summed E-state index contributed by atoms with van der Waals surface area (Å²) < 4.78 is 6.55. The van der Waals surface area contributed by atoms with E-state index in [0.29, 0.717) is 11.5 Å². The van der Waals surface area contributed by atoms with Gasteiger partial charge in [-0.15, -0.1) is 5.10 Å². The highest BCUT2D eigenvalue weighted by molar-refractivity contribution is 6.32. The third kappa shape index (κ3) is 2.44. The number of nitrogens with zero attached hydrogens (tertiary/aromatic N) is 4. The summed E-state index contributed by atoms with van der Waals surface area (Å²) in [5.74, 6) is -0.207. The first kappa shape index (κ1) is 14.3. The van der Waals surface area contributed by atoms with Crippen LogP contribution in [-0.4, -0.2) is 38.4 Å². The Labute approximate surface area is 120 Å². The van der Waals surface area contributed by atoms with E-state index < -0.39 is 5.97 Å². The predicted octanol–water partition coefficient (Wildman–Crippen LogP) is 2.15. The molecule has 0 aliphatic rings. The van der Waals surface area contributed by atoms with Gasteiger partial charge in [0.1, 0.15) is 11.3 Å². The molecule has 106 valence electrons.